The number of benzene rings is 2. The smallest absolute Gasteiger partial charge is 0.169 e. The maximum Gasteiger partial charge on any atom is 0.169 e. The number of anilines is 1. The van der Waals surface area contributed by atoms with Crippen molar-refractivity contribution in [3.8, 4) is 0 Å². The van der Waals surface area contributed by atoms with Gasteiger partial charge in [-0.2, -0.15) is 0 Å². The molecule has 0 saturated heterocycles. The van der Waals surface area contributed by atoms with Crippen molar-refractivity contribution in [2.24, 2.45) is 0 Å². The quantitative estimate of drug-likeness (QED) is 0.675. The maximum atomic E-state index is 12.2. The molecule has 2 nitrogen and oxygen atoms in total. The standard InChI is InChI=1S/C15H14ClNO/c1-10-7-12(14(17)9-13(10)16)15(18)8-11-5-3-2-4-6-11/h2-7,9H,8,17H2,1H3. The van der Waals surface area contributed by atoms with E-state index >= 15 is 0 Å². The summed E-state index contributed by atoms with van der Waals surface area (Å²) in [5, 5.41) is 0.587. The third-order valence-electron chi connectivity index (χ3n) is 2.84. The van der Waals surface area contributed by atoms with Gasteiger partial charge in [-0.05, 0) is 30.2 Å². The van der Waals surface area contributed by atoms with Gasteiger partial charge in [-0.1, -0.05) is 41.9 Å². The van der Waals surface area contributed by atoms with Crippen molar-refractivity contribution in [2.75, 3.05) is 5.73 Å². The van der Waals surface area contributed by atoms with Gasteiger partial charge in [0.05, 0.1) is 0 Å². The van der Waals surface area contributed by atoms with Crippen LogP contribution in [0.15, 0.2) is 42.5 Å². The number of halogens is 1. The first-order valence-electron chi connectivity index (χ1n) is 5.70. The highest BCUT2D eigenvalue weighted by atomic mass is 35.5. The van der Waals surface area contributed by atoms with E-state index < -0.39 is 0 Å². The molecule has 0 aliphatic heterocycles. The van der Waals surface area contributed by atoms with Gasteiger partial charge in [0.15, 0.2) is 5.78 Å². The molecule has 3 heteroatoms. The van der Waals surface area contributed by atoms with Crippen LogP contribution < -0.4 is 5.73 Å². The van der Waals surface area contributed by atoms with Crippen LogP contribution in [0.4, 0.5) is 5.69 Å². The second-order valence-electron chi connectivity index (χ2n) is 4.27. The summed E-state index contributed by atoms with van der Waals surface area (Å²) in [4.78, 5) is 12.2. The number of Topliss-reactive ketones (excluding diaryl/α,β-unsaturated/α-hetero) is 1. The lowest BCUT2D eigenvalue weighted by Crippen LogP contribution is -2.07. The Morgan fingerprint density at radius 3 is 2.56 bits per heavy atom. The van der Waals surface area contributed by atoms with Crippen LogP contribution in [0.5, 0.6) is 0 Å². The fraction of sp³-hybridized carbons (Fsp3) is 0.133. The zero-order chi connectivity index (χ0) is 13.1. The molecule has 2 N–H and O–H groups in total. The molecule has 92 valence electrons. The number of nitrogen functional groups attached to an aromatic ring is 1. The molecular weight excluding hydrogens is 246 g/mol. The summed E-state index contributed by atoms with van der Waals surface area (Å²) >= 11 is 5.96. The van der Waals surface area contributed by atoms with E-state index in [-0.39, 0.29) is 5.78 Å². The number of ketones is 1. The molecule has 0 unspecified atom stereocenters. The van der Waals surface area contributed by atoms with E-state index in [0.717, 1.165) is 11.1 Å². The van der Waals surface area contributed by atoms with Gasteiger partial charge in [0.2, 0.25) is 0 Å². The fourth-order valence-electron chi connectivity index (χ4n) is 1.81. The van der Waals surface area contributed by atoms with Crippen LogP contribution in [-0.4, -0.2) is 5.78 Å². The summed E-state index contributed by atoms with van der Waals surface area (Å²) in [5.74, 6) is 0.0125. The lowest BCUT2D eigenvalue weighted by atomic mass is 10.00. The number of nitrogens with two attached hydrogens (primary N) is 1. The number of rotatable bonds is 3. The molecule has 0 atom stereocenters. The minimum absolute atomic E-state index is 0.0125. The summed E-state index contributed by atoms with van der Waals surface area (Å²) in [6, 6.07) is 13.0. The molecule has 0 saturated carbocycles. The van der Waals surface area contributed by atoms with Crippen molar-refractivity contribution < 1.29 is 4.79 Å². The Labute approximate surface area is 111 Å². The third-order valence-corrected chi connectivity index (χ3v) is 3.25. The Balaban J connectivity index is 2.27. The van der Waals surface area contributed by atoms with E-state index in [9.17, 15) is 4.79 Å². The van der Waals surface area contributed by atoms with E-state index in [4.69, 9.17) is 17.3 Å². The molecule has 0 aromatic heterocycles. The molecule has 2 aromatic rings. The largest absolute Gasteiger partial charge is 0.398 e. The molecule has 0 bridgehead atoms. The lowest BCUT2D eigenvalue weighted by Gasteiger charge is -2.08. The van der Waals surface area contributed by atoms with Crippen LogP contribution in [0.2, 0.25) is 5.02 Å². The number of carbonyl (C=O) groups is 1. The first kappa shape index (κ1) is 12.7. The Morgan fingerprint density at radius 2 is 1.89 bits per heavy atom. The minimum atomic E-state index is 0.0125. The highest BCUT2D eigenvalue weighted by molar-refractivity contribution is 6.31. The summed E-state index contributed by atoms with van der Waals surface area (Å²) in [6.07, 6.45) is 0.353. The first-order chi connectivity index (χ1) is 8.58. The predicted molar refractivity (Wildman–Crippen MR) is 75.1 cm³/mol. The van der Waals surface area contributed by atoms with Crippen LogP contribution in [0.3, 0.4) is 0 Å². The van der Waals surface area contributed by atoms with Gasteiger partial charge in [-0.25, -0.2) is 0 Å². The summed E-state index contributed by atoms with van der Waals surface area (Å²) in [6.45, 7) is 1.86. The van der Waals surface area contributed by atoms with Crippen molar-refractivity contribution in [1.82, 2.24) is 0 Å². The first-order valence-corrected chi connectivity index (χ1v) is 6.08. The topological polar surface area (TPSA) is 43.1 Å². The molecule has 18 heavy (non-hydrogen) atoms. The molecule has 0 aliphatic rings. The van der Waals surface area contributed by atoms with Crippen LogP contribution >= 0.6 is 11.6 Å². The van der Waals surface area contributed by atoms with Gasteiger partial charge in [0.25, 0.3) is 0 Å². The van der Waals surface area contributed by atoms with Crippen molar-refractivity contribution in [1.29, 1.82) is 0 Å². The Morgan fingerprint density at radius 1 is 1.22 bits per heavy atom. The van der Waals surface area contributed by atoms with Crippen molar-refractivity contribution in [3.63, 3.8) is 0 Å². The van der Waals surface area contributed by atoms with Gasteiger partial charge in [0.1, 0.15) is 0 Å². The molecule has 2 aromatic carbocycles. The summed E-state index contributed by atoms with van der Waals surface area (Å²) < 4.78 is 0. The van der Waals surface area contributed by atoms with E-state index in [2.05, 4.69) is 0 Å². The second kappa shape index (κ2) is 5.23. The highest BCUT2D eigenvalue weighted by Crippen LogP contribution is 2.23. The molecule has 0 spiro atoms. The molecule has 2 rings (SSSR count). The van der Waals surface area contributed by atoms with E-state index in [1.54, 1.807) is 12.1 Å². The Kier molecular flexibility index (Phi) is 3.68. The molecule has 0 amide bonds. The normalized spacial score (nSPS) is 10.3. The Bertz CT molecular complexity index is 579. The number of hydrogen-bond acceptors (Lipinski definition) is 2. The number of aryl methyl sites for hydroxylation is 1. The van der Waals surface area contributed by atoms with E-state index in [1.807, 2.05) is 37.3 Å². The highest BCUT2D eigenvalue weighted by Gasteiger charge is 2.12. The summed E-state index contributed by atoms with van der Waals surface area (Å²) in [5.41, 5.74) is 8.66. The third kappa shape index (κ3) is 2.71. The zero-order valence-corrected chi connectivity index (χ0v) is 10.9. The number of hydrogen-bond donors (Lipinski definition) is 1. The average molecular weight is 260 g/mol. The molecule has 0 aliphatic carbocycles. The number of carbonyl (C=O) groups excluding carboxylic acids is 1. The minimum Gasteiger partial charge on any atom is -0.398 e. The molecular formula is C15H14ClNO. The molecule has 0 heterocycles. The van der Waals surface area contributed by atoms with Crippen molar-refractivity contribution in [2.45, 2.75) is 13.3 Å². The van der Waals surface area contributed by atoms with E-state index in [0.29, 0.717) is 22.7 Å². The Hall–Kier alpha value is -1.80. The maximum absolute atomic E-state index is 12.2. The van der Waals surface area contributed by atoms with Crippen molar-refractivity contribution in [3.05, 3.63) is 64.2 Å². The second-order valence-corrected chi connectivity index (χ2v) is 4.68. The van der Waals surface area contributed by atoms with Crippen LogP contribution in [0.25, 0.3) is 0 Å². The zero-order valence-electron chi connectivity index (χ0n) is 10.1. The van der Waals surface area contributed by atoms with Crippen LogP contribution in [0, 0.1) is 6.92 Å². The average Bonchev–Trinajstić information content (AvgIpc) is 2.35. The fourth-order valence-corrected chi connectivity index (χ4v) is 1.99. The predicted octanol–water partition coefficient (Wildman–Crippen LogP) is 3.66. The van der Waals surface area contributed by atoms with Crippen molar-refractivity contribution >= 4 is 23.1 Å². The molecule has 0 fully saturated rings. The molecule has 0 radical (unpaired) electrons. The van der Waals surface area contributed by atoms with Gasteiger partial charge in [0, 0.05) is 22.7 Å². The lowest BCUT2D eigenvalue weighted by molar-refractivity contribution is 0.0994. The van der Waals surface area contributed by atoms with Crippen LogP contribution in [-0.2, 0) is 6.42 Å². The monoisotopic (exact) mass is 259 g/mol. The van der Waals surface area contributed by atoms with E-state index in [1.165, 1.54) is 0 Å². The van der Waals surface area contributed by atoms with Crippen LogP contribution in [0.1, 0.15) is 21.5 Å². The van der Waals surface area contributed by atoms with Gasteiger partial charge < -0.3 is 5.73 Å². The van der Waals surface area contributed by atoms with Gasteiger partial charge >= 0.3 is 0 Å². The van der Waals surface area contributed by atoms with Gasteiger partial charge in [-0.3, -0.25) is 4.79 Å². The SMILES string of the molecule is Cc1cc(C(=O)Cc2ccccc2)c(N)cc1Cl. The van der Waals surface area contributed by atoms with Gasteiger partial charge in [-0.15, -0.1) is 0 Å². The summed E-state index contributed by atoms with van der Waals surface area (Å²) in [7, 11) is 0.